The summed E-state index contributed by atoms with van der Waals surface area (Å²) in [5.41, 5.74) is 0.994. The van der Waals surface area contributed by atoms with Gasteiger partial charge in [0, 0.05) is 6.20 Å². The van der Waals surface area contributed by atoms with Crippen LogP contribution in [-0.2, 0) is 0 Å². The van der Waals surface area contributed by atoms with E-state index in [1.165, 1.54) is 0 Å². The molecule has 1 aliphatic rings. The van der Waals surface area contributed by atoms with Gasteiger partial charge in [0.25, 0.3) is 5.56 Å². The Morgan fingerprint density at radius 2 is 2.13 bits per heavy atom. The van der Waals surface area contributed by atoms with Crippen molar-refractivity contribution >= 4 is 0 Å². The van der Waals surface area contributed by atoms with Crippen LogP contribution in [0.3, 0.4) is 0 Å². The number of hydrogen-bond donors (Lipinski definition) is 2. The van der Waals surface area contributed by atoms with Crippen molar-refractivity contribution in [2.45, 2.75) is 18.8 Å². The van der Waals surface area contributed by atoms with Crippen LogP contribution in [0, 0.1) is 11.3 Å². The zero-order valence-electron chi connectivity index (χ0n) is 8.42. The van der Waals surface area contributed by atoms with Crippen molar-refractivity contribution in [1.82, 2.24) is 10.3 Å². The van der Waals surface area contributed by atoms with E-state index < -0.39 is 0 Å². The third-order valence-corrected chi connectivity index (χ3v) is 2.86. The molecule has 2 rings (SSSR count). The van der Waals surface area contributed by atoms with Crippen molar-refractivity contribution in [2.24, 2.45) is 0 Å². The summed E-state index contributed by atoms with van der Waals surface area (Å²) < 4.78 is 0. The predicted molar refractivity (Wildman–Crippen MR) is 56.6 cm³/mol. The molecule has 4 heteroatoms. The van der Waals surface area contributed by atoms with E-state index in [1.54, 1.807) is 12.3 Å². The SMILES string of the molecule is N#Cc1cc(C2CCNCC2)c[nH]c1=O. The summed E-state index contributed by atoms with van der Waals surface area (Å²) in [6, 6.07) is 3.63. The van der Waals surface area contributed by atoms with Crippen LogP contribution >= 0.6 is 0 Å². The lowest BCUT2D eigenvalue weighted by Gasteiger charge is -2.22. The summed E-state index contributed by atoms with van der Waals surface area (Å²) in [4.78, 5) is 13.8. The van der Waals surface area contributed by atoms with Crippen molar-refractivity contribution < 1.29 is 0 Å². The third-order valence-electron chi connectivity index (χ3n) is 2.86. The highest BCUT2D eigenvalue weighted by Crippen LogP contribution is 2.24. The second-order valence-electron chi connectivity index (χ2n) is 3.81. The van der Waals surface area contributed by atoms with Crippen LogP contribution in [0.4, 0.5) is 0 Å². The Morgan fingerprint density at radius 1 is 1.40 bits per heavy atom. The van der Waals surface area contributed by atoms with E-state index in [0.29, 0.717) is 5.92 Å². The van der Waals surface area contributed by atoms with Gasteiger partial charge in [-0.1, -0.05) is 0 Å². The van der Waals surface area contributed by atoms with Crippen LogP contribution in [-0.4, -0.2) is 18.1 Å². The van der Waals surface area contributed by atoms with Crippen molar-refractivity contribution in [1.29, 1.82) is 5.26 Å². The van der Waals surface area contributed by atoms with Crippen LogP contribution in [0.15, 0.2) is 17.1 Å². The van der Waals surface area contributed by atoms with Crippen LogP contribution in [0.1, 0.15) is 29.9 Å². The van der Waals surface area contributed by atoms with E-state index in [-0.39, 0.29) is 11.1 Å². The second kappa shape index (κ2) is 4.28. The molecule has 0 radical (unpaired) electrons. The molecule has 1 aromatic heterocycles. The van der Waals surface area contributed by atoms with E-state index in [1.807, 2.05) is 6.07 Å². The first-order valence-corrected chi connectivity index (χ1v) is 5.14. The molecule has 1 aromatic rings. The van der Waals surface area contributed by atoms with Crippen LogP contribution < -0.4 is 10.9 Å². The molecule has 0 bridgehead atoms. The maximum absolute atomic E-state index is 11.2. The molecule has 15 heavy (non-hydrogen) atoms. The summed E-state index contributed by atoms with van der Waals surface area (Å²) in [5.74, 6) is 0.468. The standard InChI is InChI=1S/C11H13N3O/c12-6-9-5-10(7-14-11(9)15)8-1-3-13-4-2-8/h5,7-8,13H,1-4H2,(H,14,15). The van der Waals surface area contributed by atoms with Crippen LogP contribution in [0.5, 0.6) is 0 Å². The monoisotopic (exact) mass is 203 g/mol. The first-order chi connectivity index (χ1) is 7.31. The van der Waals surface area contributed by atoms with Gasteiger partial charge in [-0.2, -0.15) is 5.26 Å². The summed E-state index contributed by atoms with van der Waals surface area (Å²) >= 11 is 0. The Kier molecular flexibility index (Phi) is 2.84. The maximum Gasteiger partial charge on any atom is 0.265 e. The molecule has 1 aliphatic heterocycles. The van der Waals surface area contributed by atoms with E-state index >= 15 is 0 Å². The Bertz CT molecular complexity index is 438. The normalized spacial score (nSPS) is 17.3. The quantitative estimate of drug-likeness (QED) is 0.706. The number of nitrogens with zero attached hydrogens (tertiary/aromatic N) is 1. The number of pyridine rings is 1. The van der Waals surface area contributed by atoms with Crippen LogP contribution in [0.2, 0.25) is 0 Å². The zero-order valence-corrected chi connectivity index (χ0v) is 8.42. The van der Waals surface area contributed by atoms with E-state index in [9.17, 15) is 4.79 Å². The lowest BCUT2D eigenvalue weighted by atomic mass is 9.91. The minimum atomic E-state index is -0.296. The van der Waals surface area contributed by atoms with Gasteiger partial charge in [0.2, 0.25) is 0 Å². The number of piperidine rings is 1. The molecule has 0 amide bonds. The highest BCUT2D eigenvalue weighted by molar-refractivity contribution is 5.31. The summed E-state index contributed by atoms with van der Waals surface area (Å²) in [7, 11) is 0. The first kappa shape index (κ1) is 9.94. The van der Waals surface area contributed by atoms with E-state index in [2.05, 4.69) is 10.3 Å². The summed E-state index contributed by atoms with van der Waals surface area (Å²) in [6.07, 6.45) is 3.87. The lowest BCUT2D eigenvalue weighted by Crippen LogP contribution is -2.27. The van der Waals surface area contributed by atoms with Gasteiger partial charge in [-0.3, -0.25) is 4.79 Å². The molecule has 0 atom stereocenters. The number of hydrogen-bond acceptors (Lipinski definition) is 3. The largest absolute Gasteiger partial charge is 0.328 e. The highest BCUT2D eigenvalue weighted by Gasteiger charge is 2.16. The topological polar surface area (TPSA) is 68.7 Å². The molecule has 4 nitrogen and oxygen atoms in total. The Balaban J connectivity index is 2.29. The fourth-order valence-electron chi connectivity index (χ4n) is 1.97. The molecule has 0 spiro atoms. The number of nitrogens with one attached hydrogen (secondary N) is 2. The molecule has 1 fully saturated rings. The van der Waals surface area contributed by atoms with Gasteiger partial charge in [-0.25, -0.2) is 0 Å². The molecule has 0 aromatic carbocycles. The lowest BCUT2D eigenvalue weighted by molar-refractivity contribution is 0.459. The van der Waals surface area contributed by atoms with Gasteiger partial charge in [0.05, 0.1) is 0 Å². The highest BCUT2D eigenvalue weighted by atomic mass is 16.1. The van der Waals surface area contributed by atoms with Crippen molar-refractivity contribution in [3.63, 3.8) is 0 Å². The van der Waals surface area contributed by atoms with Crippen molar-refractivity contribution in [3.05, 3.63) is 33.7 Å². The Labute approximate surface area is 87.9 Å². The van der Waals surface area contributed by atoms with E-state index in [0.717, 1.165) is 31.5 Å². The predicted octanol–water partition coefficient (Wildman–Crippen LogP) is 0.714. The second-order valence-corrected chi connectivity index (χ2v) is 3.81. The number of aromatic nitrogens is 1. The summed E-state index contributed by atoms with van der Waals surface area (Å²) in [5, 5.41) is 12.0. The molecule has 0 saturated carbocycles. The zero-order chi connectivity index (χ0) is 10.7. The molecule has 1 saturated heterocycles. The number of aromatic amines is 1. The van der Waals surface area contributed by atoms with Gasteiger partial charge in [-0.15, -0.1) is 0 Å². The minimum Gasteiger partial charge on any atom is -0.328 e. The Morgan fingerprint density at radius 3 is 2.80 bits per heavy atom. The summed E-state index contributed by atoms with van der Waals surface area (Å²) in [6.45, 7) is 2.01. The molecule has 2 N–H and O–H groups in total. The van der Waals surface area contributed by atoms with Crippen molar-refractivity contribution in [2.75, 3.05) is 13.1 Å². The van der Waals surface area contributed by atoms with Gasteiger partial charge >= 0.3 is 0 Å². The van der Waals surface area contributed by atoms with Crippen LogP contribution in [0.25, 0.3) is 0 Å². The van der Waals surface area contributed by atoms with Gasteiger partial charge in [0.1, 0.15) is 11.6 Å². The fraction of sp³-hybridized carbons (Fsp3) is 0.455. The maximum atomic E-state index is 11.2. The number of H-pyrrole nitrogens is 1. The molecule has 78 valence electrons. The number of rotatable bonds is 1. The van der Waals surface area contributed by atoms with Crippen molar-refractivity contribution in [3.8, 4) is 6.07 Å². The molecular weight excluding hydrogens is 190 g/mol. The van der Waals surface area contributed by atoms with Gasteiger partial charge < -0.3 is 10.3 Å². The molecule has 0 unspecified atom stereocenters. The average molecular weight is 203 g/mol. The fourth-order valence-corrected chi connectivity index (χ4v) is 1.97. The molecule has 0 aliphatic carbocycles. The molecule has 2 heterocycles. The van der Waals surface area contributed by atoms with Gasteiger partial charge in [-0.05, 0) is 43.5 Å². The van der Waals surface area contributed by atoms with E-state index in [4.69, 9.17) is 5.26 Å². The average Bonchev–Trinajstić information content (AvgIpc) is 2.31. The smallest absolute Gasteiger partial charge is 0.265 e. The minimum absolute atomic E-state index is 0.214. The third kappa shape index (κ3) is 2.08. The first-order valence-electron chi connectivity index (χ1n) is 5.14. The van der Waals surface area contributed by atoms with Gasteiger partial charge in [0.15, 0.2) is 0 Å². The Hall–Kier alpha value is -1.60. The molecular formula is C11H13N3O. The number of nitriles is 1.